The zero-order valence-electron chi connectivity index (χ0n) is 6.06. The van der Waals surface area contributed by atoms with Crippen molar-refractivity contribution in [2.24, 2.45) is 23.2 Å². The zero-order valence-corrected chi connectivity index (χ0v) is 6.06. The molecule has 0 spiro atoms. The molecular formula is C9H14. The number of hydrogen-bond donors (Lipinski definition) is 0. The molecular weight excluding hydrogens is 108 g/mol. The van der Waals surface area contributed by atoms with E-state index in [0.717, 1.165) is 5.41 Å². The van der Waals surface area contributed by atoms with Crippen molar-refractivity contribution in [3.8, 4) is 0 Å². The van der Waals surface area contributed by atoms with Crippen LogP contribution in [0.15, 0.2) is 0 Å². The lowest BCUT2D eigenvalue weighted by molar-refractivity contribution is 0.330. The lowest BCUT2D eigenvalue weighted by Crippen LogP contribution is -2.08. The van der Waals surface area contributed by atoms with Crippen LogP contribution in [0.3, 0.4) is 0 Å². The minimum absolute atomic E-state index is 0.890. The van der Waals surface area contributed by atoms with Gasteiger partial charge in [-0.15, -0.1) is 0 Å². The topological polar surface area (TPSA) is 0 Å². The van der Waals surface area contributed by atoms with Gasteiger partial charge >= 0.3 is 0 Å². The quantitative estimate of drug-likeness (QED) is 0.463. The Kier molecular flexibility index (Phi) is 0.574. The van der Waals surface area contributed by atoms with Gasteiger partial charge < -0.3 is 0 Å². The minimum Gasteiger partial charge on any atom is -0.0591 e. The maximum atomic E-state index is 2.50. The molecule has 0 aliphatic heterocycles. The molecule has 0 bridgehead atoms. The van der Waals surface area contributed by atoms with Gasteiger partial charge in [0, 0.05) is 0 Å². The number of fused-ring (bicyclic) bond motifs is 2. The highest BCUT2D eigenvalue weighted by molar-refractivity contribution is 5.27. The van der Waals surface area contributed by atoms with Crippen LogP contribution >= 0.6 is 0 Å². The van der Waals surface area contributed by atoms with Crippen molar-refractivity contribution in [1.29, 1.82) is 0 Å². The van der Waals surface area contributed by atoms with Crippen LogP contribution in [0.1, 0.15) is 32.6 Å². The van der Waals surface area contributed by atoms with Crippen molar-refractivity contribution < 1.29 is 0 Å². The Balaban J connectivity index is 1.88. The fourth-order valence-electron chi connectivity index (χ4n) is 3.45. The van der Waals surface area contributed by atoms with Gasteiger partial charge in [0.05, 0.1) is 0 Å². The van der Waals surface area contributed by atoms with Gasteiger partial charge in [-0.3, -0.25) is 0 Å². The van der Waals surface area contributed by atoms with Gasteiger partial charge in [0.1, 0.15) is 0 Å². The molecule has 3 rings (SSSR count). The first-order valence-corrected chi connectivity index (χ1v) is 4.34. The molecule has 50 valence electrons. The van der Waals surface area contributed by atoms with E-state index in [0.29, 0.717) is 0 Å². The van der Waals surface area contributed by atoms with Gasteiger partial charge in [0.2, 0.25) is 0 Å². The molecule has 0 aromatic rings. The maximum absolute atomic E-state index is 2.50. The molecule has 2 unspecified atom stereocenters. The molecule has 0 saturated heterocycles. The average molecular weight is 122 g/mol. The average Bonchev–Trinajstić information content (AvgIpc) is 2.56. The largest absolute Gasteiger partial charge is 0.0591 e. The molecule has 0 amide bonds. The number of hydrogen-bond acceptors (Lipinski definition) is 0. The monoisotopic (exact) mass is 122 g/mol. The number of rotatable bonds is 0. The maximum Gasteiger partial charge on any atom is -0.0258 e. The second-order valence-corrected chi connectivity index (χ2v) is 4.47. The molecule has 0 nitrogen and oxygen atoms in total. The Morgan fingerprint density at radius 1 is 1.22 bits per heavy atom. The van der Waals surface area contributed by atoms with Crippen molar-refractivity contribution in [2.45, 2.75) is 32.6 Å². The molecule has 2 atom stereocenters. The summed E-state index contributed by atoms with van der Waals surface area (Å²) < 4.78 is 0. The SMILES string of the molecule is CC12CCCCC3C1C32. The van der Waals surface area contributed by atoms with Crippen LogP contribution in [0, 0.1) is 23.2 Å². The summed E-state index contributed by atoms with van der Waals surface area (Å²) in [6.45, 7) is 2.50. The minimum atomic E-state index is 0.890. The third kappa shape index (κ3) is 0.367. The van der Waals surface area contributed by atoms with Crippen LogP contribution in [-0.2, 0) is 0 Å². The predicted molar refractivity (Wildman–Crippen MR) is 37.0 cm³/mol. The summed E-state index contributed by atoms with van der Waals surface area (Å²) in [7, 11) is 0. The van der Waals surface area contributed by atoms with E-state index in [-0.39, 0.29) is 0 Å². The van der Waals surface area contributed by atoms with Crippen LogP contribution in [0.5, 0.6) is 0 Å². The molecule has 3 aliphatic carbocycles. The summed E-state index contributed by atoms with van der Waals surface area (Å²) in [4.78, 5) is 0. The fourth-order valence-corrected chi connectivity index (χ4v) is 3.45. The summed E-state index contributed by atoms with van der Waals surface area (Å²) in [5, 5.41) is 0. The molecule has 0 heterocycles. The molecule has 3 saturated carbocycles. The van der Waals surface area contributed by atoms with Gasteiger partial charge in [-0.05, 0) is 36.0 Å². The Hall–Kier alpha value is 0. The van der Waals surface area contributed by atoms with Crippen LogP contribution < -0.4 is 0 Å². The van der Waals surface area contributed by atoms with Gasteiger partial charge in [0.25, 0.3) is 0 Å². The van der Waals surface area contributed by atoms with Gasteiger partial charge in [0.15, 0.2) is 0 Å². The van der Waals surface area contributed by atoms with E-state index in [2.05, 4.69) is 6.92 Å². The van der Waals surface area contributed by atoms with Crippen molar-refractivity contribution in [3.63, 3.8) is 0 Å². The summed E-state index contributed by atoms with van der Waals surface area (Å²) in [5.41, 5.74) is 0.890. The molecule has 0 aromatic heterocycles. The van der Waals surface area contributed by atoms with E-state index in [9.17, 15) is 0 Å². The smallest absolute Gasteiger partial charge is 0.0258 e. The normalized spacial score (nSPS) is 68.3. The van der Waals surface area contributed by atoms with E-state index in [1.165, 1.54) is 30.6 Å². The molecule has 9 heavy (non-hydrogen) atoms. The van der Waals surface area contributed by atoms with Gasteiger partial charge in [-0.1, -0.05) is 19.8 Å². The predicted octanol–water partition coefficient (Wildman–Crippen LogP) is 2.44. The zero-order chi connectivity index (χ0) is 6.06. The molecule has 3 fully saturated rings. The first-order valence-electron chi connectivity index (χ1n) is 4.34. The second kappa shape index (κ2) is 1.09. The van der Waals surface area contributed by atoms with Crippen LogP contribution in [0.25, 0.3) is 0 Å². The van der Waals surface area contributed by atoms with Crippen molar-refractivity contribution in [1.82, 2.24) is 0 Å². The summed E-state index contributed by atoms with van der Waals surface area (Å²) in [5.74, 6) is 3.66. The highest BCUT2D eigenvalue weighted by Crippen LogP contribution is 2.85. The van der Waals surface area contributed by atoms with Crippen molar-refractivity contribution in [2.75, 3.05) is 0 Å². The molecule has 0 N–H and O–H groups in total. The highest BCUT2D eigenvalue weighted by Gasteiger charge is 2.79. The van der Waals surface area contributed by atoms with Crippen LogP contribution in [0.4, 0.5) is 0 Å². The van der Waals surface area contributed by atoms with E-state index in [1.807, 2.05) is 0 Å². The third-order valence-electron chi connectivity index (χ3n) is 4.09. The second-order valence-electron chi connectivity index (χ2n) is 4.47. The Morgan fingerprint density at radius 3 is 2.78 bits per heavy atom. The van der Waals surface area contributed by atoms with Crippen LogP contribution in [-0.4, -0.2) is 0 Å². The fraction of sp³-hybridized carbons (Fsp3) is 1.00. The van der Waals surface area contributed by atoms with Crippen molar-refractivity contribution in [3.05, 3.63) is 0 Å². The highest BCUT2D eigenvalue weighted by atomic mass is 14.8. The molecule has 0 heteroatoms. The van der Waals surface area contributed by atoms with Crippen LogP contribution in [0.2, 0.25) is 0 Å². The molecule has 0 aromatic carbocycles. The van der Waals surface area contributed by atoms with Gasteiger partial charge in [-0.2, -0.15) is 0 Å². The Labute approximate surface area is 56.6 Å². The Bertz CT molecular complexity index is 149. The van der Waals surface area contributed by atoms with E-state index >= 15 is 0 Å². The van der Waals surface area contributed by atoms with E-state index < -0.39 is 0 Å². The summed E-state index contributed by atoms with van der Waals surface area (Å²) in [6, 6.07) is 0. The Morgan fingerprint density at radius 2 is 2.00 bits per heavy atom. The molecule has 0 radical (unpaired) electrons. The standard InChI is InChI=1S/C9H14/c1-9-5-3-2-4-6-7(9)8(6)9/h6-8H,2-5H2,1H3. The van der Waals surface area contributed by atoms with E-state index in [1.54, 1.807) is 12.8 Å². The van der Waals surface area contributed by atoms with E-state index in [4.69, 9.17) is 0 Å². The lowest BCUT2D eigenvalue weighted by atomic mass is 9.89. The summed E-state index contributed by atoms with van der Waals surface area (Å²) >= 11 is 0. The first kappa shape index (κ1) is 4.76. The van der Waals surface area contributed by atoms with Crippen molar-refractivity contribution >= 4 is 0 Å². The summed E-state index contributed by atoms with van der Waals surface area (Å²) in [6.07, 6.45) is 6.19. The third-order valence-corrected chi connectivity index (χ3v) is 4.09. The molecule has 3 aliphatic rings. The first-order chi connectivity index (χ1) is 4.34. The lowest BCUT2D eigenvalue weighted by Gasteiger charge is -2.16. The van der Waals surface area contributed by atoms with Gasteiger partial charge in [-0.25, -0.2) is 0 Å².